The summed E-state index contributed by atoms with van der Waals surface area (Å²) in [6, 6.07) is 22.1. The largest absolute Gasteiger partial charge is 0.350 e. The topological polar surface area (TPSA) is 50.2 Å². The lowest BCUT2D eigenvalue weighted by Crippen LogP contribution is -2.34. The molecule has 0 bridgehead atoms. The fourth-order valence-electron chi connectivity index (χ4n) is 3.59. The number of likely N-dealkylation sites (N-methyl/N-ethyl adjacent to an activating group) is 1. The van der Waals surface area contributed by atoms with Crippen LogP contribution in [0.2, 0.25) is 0 Å². The number of thiophene rings is 1. The highest BCUT2D eigenvalue weighted by Crippen LogP contribution is 2.27. The van der Waals surface area contributed by atoms with Crippen molar-refractivity contribution in [2.45, 2.75) is 13.0 Å². The minimum Gasteiger partial charge on any atom is -0.350 e. The van der Waals surface area contributed by atoms with Gasteiger partial charge in [0.25, 0.3) is 5.91 Å². The van der Waals surface area contributed by atoms with E-state index in [1.54, 1.807) is 16.0 Å². The first-order chi connectivity index (χ1) is 15.0. The number of para-hydroxylation sites is 1. The highest BCUT2D eigenvalue weighted by molar-refractivity contribution is 7.10. The number of amides is 1. The van der Waals surface area contributed by atoms with Gasteiger partial charge >= 0.3 is 0 Å². The molecule has 2 aromatic heterocycles. The van der Waals surface area contributed by atoms with E-state index in [0.29, 0.717) is 17.8 Å². The molecule has 0 aliphatic rings. The summed E-state index contributed by atoms with van der Waals surface area (Å²) < 4.78 is 1.78. The number of benzene rings is 2. The first kappa shape index (κ1) is 21.0. The van der Waals surface area contributed by atoms with E-state index in [9.17, 15) is 4.79 Å². The maximum atomic E-state index is 13.3. The Labute approximate surface area is 187 Å². The lowest BCUT2D eigenvalue weighted by Gasteiger charge is -2.23. The van der Waals surface area contributed by atoms with Gasteiger partial charge in [-0.1, -0.05) is 48.5 Å². The molecule has 0 fully saturated rings. The molecule has 4 rings (SSSR count). The Morgan fingerprint density at radius 1 is 1.06 bits per heavy atom. The molecular weight excluding hydrogens is 404 g/mol. The number of hydrogen-bond acceptors (Lipinski definition) is 4. The molecule has 2 heterocycles. The van der Waals surface area contributed by atoms with Crippen molar-refractivity contribution >= 4 is 17.2 Å². The molecule has 2 aromatic carbocycles. The van der Waals surface area contributed by atoms with Gasteiger partial charge in [0.1, 0.15) is 5.69 Å². The molecule has 1 amide bonds. The van der Waals surface area contributed by atoms with Gasteiger partial charge in [-0.05, 0) is 50.2 Å². The average Bonchev–Trinajstić information content (AvgIpc) is 3.45. The van der Waals surface area contributed by atoms with Gasteiger partial charge in [-0.25, -0.2) is 4.68 Å². The second-order valence-electron chi connectivity index (χ2n) is 7.69. The van der Waals surface area contributed by atoms with Crippen LogP contribution in [0.1, 0.15) is 26.8 Å². The number of carbonyl (C=O) groups excluding carboxylic acids is 1. The zero-order chi connectivity index (χ0) is 21.8. The summed E-state index contributed by atoms with van der Waals surface area (Å²) in [6.45, 7) is 2.56. The minimum absolute atomic E-state index is 0.120. The molecule has 0 radical (unpaired) electrons. The molecule has 0 aliphatic carbocycles. The Kier molecular flexibility index (Phi) is 6.30. The third-order valence-corrected chi connectivity index (χ3v) is 6.30. The quantitative estimate of drug-likeness (QED) is 0.452. The zero-order valence-electron chi connectivity index (χ0n) is 17.9. The summed E-state index contributed by atoms with van der Waals surface area (Å²) >= 11 is 1.70. The summed E-state index contributed by atoms with van der Waals surface area (Å²) in [5, 5.41) is 9.99. The maximum Gasteiger partial charge on any atom is 0.255 e. The van der Waals surface area contributed by atoms with Crippen LogP contribution in [0, 0.1) is 6.92 Å². The fraction of sp³-hybridized carbons (Fsp3) is 0.200. The number of aryl methyl sites for hydroxylation is 1. The van der Waals surface area contributed by atoms with Crippen LogP contribution in [-0.2, 0) is 0 Å². The van der Waals surface area contributed by atoms with E-state index in [0.717, 1.165) is 16.8 Å². The van der Waals surface area contributed by atoms with Crippen molar-refractivity contribution in [3.8, 4) is 16.9 Å². The van der Waals surface area contributed by atoms with Crippen LogP contribution in [0.25, 0.3) is 16.9 Å². The molecule has 1 atom stereocenters. The number of carbonyl (C=O) groups is 1. The number of rotatable bonds is 7. The van der Waals surface area contributed by atoms with Crippen molar-refractivity contribution in [1.29, 1.82) is 0 Å². The zero-order valence-corrected chi connectivity index (χ0v) is 18.8. The summed E-state index contributed by atoms with van der Waals surface area (Å²) in [6.07, 6.45) is 1.82. The molecule has 0 saturated heterocycles. The Bertz CT molecular complexity index is 1150. The van der Waals surface area contributed by atoms with Crippen LogP contribution in [0.15, 0.2) is 78.3 Å². The van der Waals surface area contributed by atoms with Gasteiger partial charge in [-0.3, -0.25) is 4.79 Å². The van der Waals surface area contributed by atoms with Crippen molar-refractivity contribution in [2.75, 3.05) is 20.6 Å². The van der Waals surface area contributed by atoms with Crippen LogP contribution in [0.3, 0.4) is 0 Å². The second-order valence-corrected chi connectivity index (χ2v) is 8.67. The minimum atomic E-state index is -0.121. The Morgan fingerprint density at radius 2 is 1.81 bits per heavy atom. The maximum absolute atomic E-state index is 13.3. The predicted molar refractivity (Wildman–Crippen MR) is 127 cm³/mol. The van der Waals surface area contributed by atoms with Crippen LogP contribution < -0.4 is 5.32 Å². The molecule has 1 N–H and O–H groups in total. The van der Waals surface area contributed by atoms with E-state index in [1.807, 2.05) is 87.9 Å². The molecule has 0 spiro atoms. The molecule has 0 unspecified atom stereocenters. The van der Waals surface area contributed by atoms with Crippen molar-refractivity contribution in [1.82, 2.24) is 20.0 Å². The van der Waals surface area contributed by atoms with Gasteiger partial charge in [0.2, 0.25) is 0 Å². The van der Waals surface area contributed by atoms with Gasteiger partial charge in [0, 0.05) is 23.2 Å². The van der Waals surface area contributed by atoms with Crippen LogP contribution >= 0.6 is 11.3 Å². The Balaban J connectivity index is 1.67. The summed E-state index contributed by atoms with van der Waals surface area (Å²) in [7, 11) is 4.06. The van der Waals surface area contributed by atoms with E-state index < -0.39 is 0 Å². The summed E-state index contributed by atoms with van der Waals surface area (Å²) in [4.78, 5) is 16.7. The van der Waals surface area contributed by atoms with Crippen molar-refractivity contribution < 1.29 is 4.79 Å². The molecule has 158 valence electrons. The molecule has 0 aliphatic heterocycles. The van der Waals surface area contributed by atoms with E-state index in [4.69, 9.17) is 5.10 Å². The third kappa shape index (κ3) is 4.60. The average molecular weight is 431 g/mol. The smallest absolute Gasteiger partial charge is 0.255 e. The lowest BCUT2D eigenvalue weighted by molar-refractivity contribution is 0.0943. The molecule has 4 aromatic rings. The molecule has 0 saturated carbocycles. The molecular formula is C25H26N4OS. The monoisotopic (exact) mass is 430 g/mol. The van der Waals surface area contributed by atoms with Crippen LogP contribution in [0.4, 0.5) is 0 Å². The van der Waals surface area contributed by atoms with Gasteiger partial charge < -0.3 is 10.2 Å². The van der Waals surface area contributed by atoms with Crippen LogP contribution in [-0.4, -0.2) is 41.2 Å². The molecule has 5 nitrogen and oxygen atoms in total. The van der Waals surface area contributed by atoms with Gasteiger partial charge in [0.05, 0.1) is 17.3 Å². The first-order valence-corrected chi connectivity index (χ1v) is 11.1. The summed E-state index contributed by atoms with van der Waals surface area (Å²) in [5.74, 6) is -0.121. The lowest BCUT2D eigenvalue weighted by atomic mass is 10.0. The highest BCUT2D eigenvalue weighted by Gasteiger charge is 2.22. The number of aromatic nitrogens is 2. The SMILES string of the molecule is Cc1ccccc1-c1nn(-c2ccccc2)cc1C(=O)NC[C@@H](c1cccs1)N(C)C. The van der Waals surface area contributed by atoms with E-state index >= 15 is 0 Å². The third-order valence-electron chi connectivity index (χ3n) is 5.33. The number of nitrogens with zero attached hydrogens (tertiary/aromatic N) is 3. The van der Waals surface area contributed by atoms with Gasteiger partial charge in [-0.2, -0.15) is 5.10 Å². The van der Waals surface area contributed by atoms with E-state index in [-0.39, 0.29) is 11.9 Å². The first-order valence-electron chi connectivity index (χ1n) is 10.2. The second kappa shape index (κ2) is 9.29. The van der Waals surface area contributed by atoms with E-state index in [2.05, 4.69) is 21.7 Å². The standard InChI is InChI=1S/C25H26N4OS/c1-18-10-7-8-13-20(18)24-21(17-29(27-24)19-11-5-4-6-12-19)25(30)26-16-22(28(2)3)23-14-9-15-31-23/h4-15,17,22H,16H2,1-3H3,(H,26,30)/t22-/m0/s1. The highest BCUT2D eigenvalue weighted by atomic mass is 32.1. The molecule has 6 heteroatoms. The number of nitrogens with one attached hydrogen (secondary N) is 1. The molecule has 31 heavy (non-hydrogen) atoms. The summed E-state index contributed by atoms with van der Waals surface area (Å²) in [5.41, 5.74) is 4.23. The van der Waals surface area contributed by atoms with Crippen molar-refractivity contribution in [2.24, 2.45) is 0 Å². The normalized spacial score (nSPS) is 12.1. The Morgan fingerprint density at radius 3 is 2.48 bits per heavy atom. The number of hydrogen-bond donors (Lipinski definition) is 1. The predicted octanol–water partition coefficient (Wildman–Crippen LogP) is 4.94. The van der Waals surface area contributed by atoms with Gasteiger partial charge in [0.15, 0.2) is 0 Å². The van der Waals surface area contributed by atoms with Crippen molar-refractivity contribution in [3.63, 3.8) is 0 Å². The van der Waals surface area contributed by atoms with Crippen molar-refractivity contribution in [3.05, 3.63) is 94.3 Å². The van der Waals surface area contributed by atoms with Gasteiger partial charge in [-0.15, -0.1) is 11.3 Å². The fourth-order valence-corrected chi connectivity index (χ4v) is 4.52. The van der Waals surface area contributed by atoms with E-state index in [1.165, 1.54) is 4.88 Å². The van der Waals surface area contributed by atoms with Crippen LogP contribution in [0.5, 0.6) is 0 Å². The Hall–Kier alpha value is -3.22.